The summed E-state index contributed by atoms with van der Waals surface area (Å²) in [7, 11) is 2.80. The number of hydrogen-bond donors (Lipinski definition) is 0. The molecule has 0 spiro atoms. The van der Waals surface area contributed by atoms with Gasteiger partial charge in [0.2, 0.25) is 0 Å². The van der Waals surface area contributed by atoms with E-state index in [9.17, 15) is 9.59 Å². The first-order valence-corrected chi connectivity index (χ1v) is 5.40. The first kappa shape index (κ1) is 11.6. The molecule has 1 fully saturated rings. The number of carbonyl (C=O) groups excluding carboxylic acids is 2. The van der Waals surface area contributed by atoms with Crippen molar-refractivity contribution in [3.63, 3.8) is 0 Å². The summed E-state index contributed by atoms with van der Waals surface area (Å²) in [6.07, 6.45) is 2.17. The third kappa shape index (κ3) is 2.64. The van der Waals surface area contributed by atoms with Crippen molar-refractivity contribution >= 4 is 11.9 Å². The van der Waals surface area contributed by atoms with Crippen LogP contribution in [0.4, 0.5) is 0 Å². The molecule has 0 aromatic carbocycles. The molecule has 0 radical (unpaired) electrons. The molecule has 6 heteroatoms. The van der Waals surface area contributed by atoms with Crippen molar-refractivity contribution in [2.75, 3.05) is 20.7 Å². The van der Waals surface area contributed by atoms with Gasteiger partial charge in [-0.25, -0.2) is 0 Å². The van der Waals surface area contributed by atoms with Gasteiger partial charge in [-0.15, -0.1) is 0 Å². The Hall–Kier alpha value is -1.85. The van der Waals surface area contributed by atoms with E-state index in [1.807, 2.05) is 0 Å². The number of esters is 1. The van der Waals surface area contributed by atoms with Gasteiger partial charge in [-0.3, -0.25) is 9.59 Å². The average molecular weight is 238 g/mol. The number of amides is 1. The number of nitrogens with zero attached hydrogens (tertiary/aromatic N) is 2. The maximum atomic E-state index is 11.8. The van der Waals surface area contributed by atoms with Crippen molar-refractivity contribution < 1.29 is 18.8 Å². The van der Waals surface area contributed by atoms with Crippen molar-refractivity contribution in [3.05, 3.63) is 17.5 Å². The minimum Gasteiger partial charge on any atom is -0.468 e. The number of hydrogen-bond acceptors (Lipinski definition) is 5. The third-order valence-corrected chi connectivity index (χ3v) is 2.67. The third-order valence-electron chi connectivity index (χ3n) is 2.67. The van der Waals surface area contributed by atoms with Crippen molar-refractivity contribution in [3.8, 4) is 0 Å². The zero-order valence-electron chi connectivity index (χ0n) is 9.80. The molecule has 0 aliphatic heterocycles. The van der Waals surface area contributed by atoms with Gasteiger partial charge in [0.1, 0.15) is 12.3 Å². The van der Waals surface area contributed by atoms with Crippen LogP contribution in [0.3, 0.4) is 0 Å². The molecule has 1 aliphatic rings. The van der Waals surface area contributed by atoms with E-state index in [0.29, 0.717) is 5.92 Å². The van der Waals surface area contributed by atoms with Crippen LogP contribution < -0.4 is 0 Å². The molecule has 0 N–H and O–H groups in total. The molecule has 0 bridgehead atoms. The van der Waals surface area contributed by atoms with E-state index in [4.69, 9.17) is 4.52 Å². The van der Waals surface area contributed by atoms with Crippen LogP contribution in [-0.2, 0) is 9.53 Å². The molecule has 0 saturated heterocycles. The molecular formula is C11H14N2O4. The van der Waals surface area contributed by atoms with Crippen LogP contribution in [-0.4, -0.2) is 42.6 Å². The molecule has 1 aromatic rings. The lowest BCUT2D eigenvalue weighted by Crippen LogP contribution is -2.32. The Morgan fingerprint density at radius 3 is 2.88 bits per heavy atom. The smallest absolute Gasteiger partial charge is 0.325 e. The van der Waals surface area contributed by atoms with Crippen LogP contribution in [0.1, 0.15) is 35.0 Å². The van der Waals surface area contributed by atoms with Gasteiger partial charge in [-0.2, -0.15) is 0 Å². The summed E-state index contributed by atoms with van der Waals surface area (Å²) in [5.41, 5.74) is 0.235. The van der Waals surface area contributed by atoms with E-state index in [0.717, 1.165) is 18.6 Å². The molecule has 1 aromatic heterocycles. The highest BCUT2D eigenvalue weighted by Crippen LogP contribution is 2.40. The Kier molecular flexibility index (Phi) is 3.12. The molecule has 2 rings (SSSR count). The Morgan fingerprint density at radius 2 is 2.29 bits per heavy atom. The Morgan fingerprint density at radius 1 is 1.59 bits per heavy atom. The van der Waals surface area contributed by atoms with E-state index >= 15 is 0 Å². The molecule has 1 saturated carbocycles. The lowest BCUT2D eigenvalue weighted by Gasteiger charge is -2.13. The van der Waals surface area contributed by atoms with Crippen LogP contribution in [0.15, 0.2) is 10.6 Å². The maximum absolute atomic E-state index is 11.8. The number of likely N-dealkylation sites (N-methyl/N-ethyl adjacent to an activating group) is 1. The SMILES string of the molecule is COC(=O)CN(C)C(=O)c1cc(C2CC2)on1. The van der Waals surface area contributed by atoms with Gasteiger partial charge >= 0.3 is 5.97 Å². The molecule has 1 heterocycles. The van der Waals surface area contributed by atoms with Crippen molar-refractivity contribution in [2.45, 2.75) is 18.8 Å². The summed E-state index contributed by atoms with van der Waals surface area (Å²) in [6, 6.07) is 1.65. The highest BCUT2D eigenvalue weighted by Gasteiger charge is 2.29. The molecule has 0 atom stereocenters. The molecule has 92 valence electrons. The lowest BCUT2D eigenvalue weighted by atomic mass is 10.2. The van der Waals surface area contributed by atoms with Crippen molar-refractivity contribution in [1.29, 1.82) is 0 Å². The van der Waals surface area contributed by atoms with Crippen LogP contribution in [0, 0.1) is 0 Å². The van der Waals surface area contributed by atoms with Gasteiger partial charge < -0.3 is 14.2 Å². The van der Waals surface area contributed by atoms with Gasteiger partial charge in [0.05, 0.1) is 7.11 Å². The Labute approximate surface area is 98.5 Å². The summed E-state index contributed by atoms with van der Waals surface area (Å²) < 4.78 is 9.56. The van der Waals surface area contributed by atoms with Gasteiger partial charge in [0.25, 0.3) is 5.91 Å². The summed E-state index contributed by atoms with van der Waals surface area (Å²) >= 11 is 0. The summed E-state index contributed by atoms with van der Waals surface area (Å²) in [5.74, 6) is 0.354. The number of methoxy groups -OCH3 is 1. The number of aromatic nitrogens is 1. The molecule has 1 amide bonds. The van der Waals surface area contributed by atoms with E-state index < -0.39 is 5.97 Å². The van der Waals surface area contributed by atoms with Crippen molar-refractivity contribution in [2.24, 2.45) is 0 Å². The summed E-state index contributed by atoms with van der Waals surface area (Å²) in [6.45, 7) is -0.0963. The highest BCUT2D eigenvalue weighted by molar-refractivity contribution is 5.94. The largest absolute Gasteiger partial charge is 0.468 e. The average Bonchev–Trinajstić information content (AvgIpc) is 3.06. The number of carbonyl (C=O) groups is 2. The van der Waals surface area contributed by atoms with Crippen molar-refractivity contribution in [1.82, 2.24) is 10.1 Å². The fourth-order valence-electron chi connectivity index (χ4n) is 1.48. The minimum absolute atomic E-state index is 0.0963. The predicted molar refractivity (Wildman–Crippen MR) is 57.5 cm³/mol. The quantitative estimate of drug-likeness (QED) is 0.725. The molecule has 1 aliphatic carbocycles. The van der Waals surface area contributed by atoms with E-state index in [1.54, 1.807) is 6.07 Å². The second kappa shape index (κ2) is 4.57. The zero-order chi connectivity index (χ0) is 12.4. The first-order valence-electron chi connectivity index (χ1n) is 5.40. The highest BCUT2D eigenvalue weighted by atomic mass is 16.5. The fourth-order valence-corrected chi connectivity index (χ4v) is 1.48. The Balaban J connectivity index is 1.99. The molecular weight excluding hydrogens is 224 g/mol. The maximum Gasteiger partial charge on any atom is 0.325 e. The first-order chi connectivity index (χ1) is 8.11. The second-order valence-electron chi connectivity index (χ2n) is 4.13. The monoisotopic (exact) mass is 238 g/mol. The standard InChI is InChI=1S/C11H14N2O4/c1-13(6-10(14)16-2)11(15)8-5-9(17-12-8)7-3-4-7/h5,7H,3-4,6H2,1-2H3. The van der Waals surface area contributed by atoms with E-state index in [-0.39, 0.29) is 18.1 Å². The van der Waals surface area contributed by atoms with Gasteiger partial charge in [0.15, 0.2) is 5.69 Å². The topological polar surface area (TPSA) is 72.6 Å². The van der Waals surface area contributed by atoms with Crippen LogP contribution in [0.2, 0.25) is 0 Å². The predicted octanol–water partition coefficient (Wildman–Crippen LogP) is 0.797. The van der Waals surface area contributed by atoms with Gasteiger partial charge in [-0.1, -0.05) is 5.16 Å². The molecule has 17 heavy (non-hydrogen) atoms. The van der Waals surface area contributed by atoms with Crippen LogP contribution in [0.5, 0.6) is 0 Å². The normalized spacial score (nSPS) is 14.5. The van der Waals surface area contributed by atoms with Crippen LogP contribution >= 0.6 is 0 Å². The second-order valence-corrected chi connectivity index (χ2v) is 4.13. The Bertz CT molecular complexity index is 436. The van der Waals surface area contributed by atoms with E-state index in [2.05, 4.69) is 9.89 Å². The minimum atomic E-state index is -0.466. The number of ether oxygens (including phenoxy) is 1. The molecule has 6 nitrogen and oxygen atoms in total. The van der Waals surface area contributed by atoms with E-state index in [1.165, 1.54) is 19.1 Å². The lowest BCUT2D eigenvalue weighted by molar-refractivity contribution is -0.141. The van der Waals surface area contributed by atoms with Gasteiger partial charge in [0, 0.05) is 19.0 Å². The molecule has 0 unspecified atom stereocenters. The van der Waals surface area contributed by atoms with Gasteiger partial charge in [-0.05, 0) is 12.8 Å². The number of rotatable bonds is 4. The van der Waals surface area contributed by atoms with Crippen LogP contribution in [0.25, 0.3) is 0 Å². The zero-order valence-corrected chi connectivity index (χ0v) is 9.80. The summed E-state index contributed by atoms with van der Waals surface area (Å²) in [5, 5.41) is 3.71. The summed E-state index contributed by atoms with van der Waals surface area (Å²) in [4.78, 5) is 24.1. The fraction of sp³-hybridized carbons (Fsp3) is 0.545.